The van der Waals surface area contributed by atoms with E-state index in [9.17, 15) is 18.0 Å². The highest BCUT2D eigenvalue weighted by Gasteiger charge is 2.41. The van der Waals surface area contributed by atoms with Crippen molar-refractivity contribution in [3.05, 3.63) is 18.3 Å². The Morgan fingerprint density at radius 1 is 1.11 bits per heavy atom. The summed E-state index contributed by atoms with van der Waals surface area (Å²) >= 11 is 0. The fraction of sp³-hybridized carbons (Fsp3) is 0.593. The molecule has 1 aromatic carbocycles. The maximum absolute atomic E-state index is 13.5. The highest BCUT2D eigenvalue weighted by molar-refractivity contribution is 7.89. The van der Waals surface area contributed by atoms with E-state index in [-0.39, 0.29) is 28.7 Å². The lowest BCUT2D eigenvalue weighted by atomic mass is 10.1. The van der Waals surface area contributed by atoms with Crippen molar-refractivity contribution in [2.75, 3.05) is 44.2 Å². The summed E-state index contributed by atoms with van der Waals surface area (Å²) < 4.78 is 31.7. The molecule has 204 valence electrons. The minimum atomic E-state index is -3.76. The number of amides is 2. The second-order valence-electron chi connectivity index (χ2n) is 11.2. The molecule has 1 unspecified atom stereocenters. The Labute approximate surface area is 224 Å². The summed E-state index contributed by atoms with van der Waals surface area (Å²) in [7, 11) is -3.76. The van der Waals surface area contributed by atoms with Crippen molar-refractivity contribution in [3.8, 4) is 11.8 Å². The minimum absolute atomic E-state index is 0.0593. The predicted molar refractivity (Wildman–Crippen MR) is 145 cm³/mol. The first-order valence-electron chi connectivity index (χ1n) is 13.3. The van der Waals surface area contributed by atoms with E-state index in [1.54, 1.807) is 30.2 Å². The zero-order valence-corrected chi connectivity index (χ0v) is 23.3. The zero-order valence-electron chi connectivity index (χ0n) is 22.5. The third-order valence-electron chi connectivity index (χ3n) is 7.81. The highest BCUT2D eigenvalue weighted by atomic mass is 32.2. The molecule has 2 saturated heterocycles. The number of nitrogens with one attached hydrogen (secondary N) is 1. The molecular weight excluding hydrogens is 504 g/mol. The van der Waals surface area contributed by atoms with Gasteiger partial charge in [-0.1, -0.05) is 19.8 Å². The number of carbonyl (C=O) groups excluding carboxylic acids is 2. The molecular formula is C27H36N6O4S. The van der Waals surface area contributed by atoms with Crippen molar-refractivity contribution in [1.82, 2.24) is 24.3 Å². The van der Waals surface area contributed by atoms with E-state index in [1.807, 2.05) is 30.4 Å². The Kier molecular flexibility index (Phi) is 6.90. The number of anilines is 1. The van der Waals surface area contributed by atoms with Gasteiger partial charge in [0, 0.05) is 61.8 Å². The van der Waals surface area contributed by atoms with Crippen molar-refractivity contribution in [3.63, 3.8) is 0 Å². The fourth-order valence-corrected chi connectivity index (χ4v) is 6.83. The van der Waals surface area contributed by atoms with Gasteiger partial charge in [-0.05, 0) is 51.2 Å². The van der Waals surface area contributed by atoms with Gasteiger partial charge < -0.3 is 14.7 Å². The van der Waals surface area contributed by atoms with Gasteiger partial charge in [0.05, 0.1) is 22.7 Å². The molecule has 1 N–H and O–H groups in total. The van der Waals surface area contributed by atoms with Crippen LogP contribution in [-0.4, -0.2) is 84.6 Å². The molecule has 0 radical (unpaired) electrons. The summed E-state index contributed by atoms with van der Waals surface area (Å²) in [5, 5.41) is 5.55. The van der Waals surface area contributed by atoms with Crippen LogP contribution in [0.15, 0.2) is 23.2 Å². The summed E-state index contributed by atoms with van der Waals surface area (Å²) in [5.41, 5.74) is 1.13. The standard InChI is InChI=1S/C27H36N6O4S/c1-5-6-25(34)32-10-7-20(18-32)33-24-16-21(38(36,37)29-27(4)8-9-27)15-23(22(24)17-28-33)30-11-13-31(14-12-30)26(35)19(2)3/h15-17,19-20,29H,7-14,18H2,1-4H3. The van der Waals surface area contributed by atoms with E-state index in [0.29, 0.717) is 45.7 Å². The molecule has 10 nitrogen and oxygen atoms in total. The van der Waals surface area contributed by atoms with Crippen molar-refractivity contribution >= 4 is 38.4 Å². The average molecular weight is 541 g/mol. The van der Waals surface area contributed by atoms with Crippen LogP contribution < -0.4 is 9.62 Å². The van der Waals surface area contributed by atoms with Gasteiger partial charge in [-0.2, -0.15) is 5.10 Å². The molecule has 5 rings (SSSR count). The number of sulfonamides is 1. The minimum Gasteiger partial charge on any atom is -0.367 e. The first-order valence-corrected chi connectivity index (χ1v) is 14.8. The lowest BCUT2D eigenvalue weighted by Gasteiger charge is -2.37. The van der Waals surface area contributed by atoms with Crippen LogP contribution in [0.5, 0.6) is 0 Å². The smallest absolute Gasteiger partial charge is 0.298 e. The summed E-state index contributed by atoms with van der Waals surface area (Å²) in [4.78, 5) is 30.8. The van der Waals surface area contributed by atoms with Gasteiger partial charge in [0.15, 0.2) is 0 Å². The number of fused-ring (bicyclic) bond motifs is 1. The molecule has 1 aliphatic carbocycles. The molecule has 0 bridgehead atoms. The molecule has 38 heavy (non-hydrogen) atoms. The van der Waals surface area contributed by atoms with Crippen molar-refractivity contribution < 1.29 is 18.0 Å². The number of benzene rings is 1. The molecule has 11 heteroatoms. The Bertz CT molecular complexity index is 1420. The third kappa shape index (κ3) is 5.12. The van der Waals surface area contributed by atoms with Crippen molar-refractivity contribution in [2.45, 2.75) is 63.4 Å². The number of carbonyl (C=O) groups is 2. The Morgan fingerprint density at radius 3 is 2.45 bits per heavy atom. The number of nitrogens with zero attached hydrogens (tertiary/aromatic N) is 5. The fourth-order valence-electron chi connectivity index (χ4n) is 5.33. The molecule has 3 fully saturated rings. The van der Waals surface area contributed by atoms with Crippen LogP contribution >= 0.6 is 0 Å². The van der Waals surface area contributed by atoms with E-state index in [2.05, 4.69) is 26.6 Å². The van der Waals surface area contributed by atoms with Gasteiger partial charge in [-0.3, -0.25) is 14.3 Å². The quantitative estimate of drug-likeness (QED) is 0.562. The number of likely N-dealkylation sites (tertiary alicyclic amines) is 1. The Balaban J connectivity index is 1.51. The molecule has 2 aromatic rings. The summed E-state index contributed by atoms with van der Waals surface area (Å²) in [6.45, 7) is 10.8. The van der Waals surface area contributed by atoms with Gasteiger partial charge in [-0.15, -0.1) is 0 Å². The summed E-state index contributed by atoms with van der Waals surface area (Å²) in [6, 6.07) is 3.37. The second-order valence-corrected chi connectivity index (χ2v) is 12.8. The number of rotatable bonds is 6. The SMILES string of the molecule is CC#CC(=O)N1CCC(n2ncc3c(N4CCN(C(=O)C(C)C)CC4)cc(S(=O)(=O)NC4(C)CC4)cc32)C1. The normalized spacial score (nSPS) is 21.1. The zero-order chi connectivity index (χ0) is 27.2. The average Bonchev–Trinajstić information content (AvgIpc) is 3.25. The van der Waals surface area contributed by atoms with E-state index in [0.717, 1.165) is 29.4 Å². The maximum atomic E-state index is 13.5. The van der Waals surface area contributed by atoms with Crippen LogP contribution in [-0.2, 0) is 19.6 Å². The Morgan fingerprint density at radius 2 is 1.82 bits per heavy atom. The topological polar surface area (TPSA) is 108 Å². The number of piperazine rings is 1. The van der Waals surface area contributed by atoms with Crippen molar-refractivity contribution in [2.24, 2.45) is 5.92 Å². The molecule has 0 spiro atoms. The number of hydrogen-bond donors (Lipinski definition) is 1. The van der Waals surface area contributed by atoms with Gasteiger partial charge in [0.2, 0.25) is 15.9 Å². The van der Waals surface area contributed by atoms with Gasteiger partial charge in [0.25, 0.3) is 5.91 Å². The molecule has 3 heterocycles. The first kappa shape index (κ1) is 26.5. The number of hydrogen-bond acceptors (Lipinski definition) is 6. The summed E-state index contributed by atoms with van der Waals surface area (Å²) in [6.07, 6.45) is 4.14. The lowest BCUT2D eigenvalue weighted by Crippen LogP contribution is -2.50. The monoisotopic (exact) mass is 540 g/mol. The molecule has 1 atom stereocenters. The molecule has 3 aliphatic rings. The largest absolute Gasteiger partial charge is 0.367 e. The maximum Gasteiger partial charge on any atom is 0.298 e. The second kappa shape index (κ2) is 9.89. The van der Waals surface area contributed by atoms with E-state index >= 15 is 0 Å². The van der Waals surface area contributed by atoms with Gasteiger partial charge in [0.1, 0.15) is 0 Å². The molecule has 2 amide bonds. The van der Waals surface area contributed by atoms with Crippen LogP contribution in [0.1, 0.15) is 53.0 Å². The van der Waals surface area contributed by atoms with Gasteiger partial charge >= 0.3 is 0 Å². The van der Waals surface area contributed by atoms with Gasteiger partial charge in [-0.25, -0.2) is 13.1 Å². The first-order chi connectivity index (χ1) is 18.0. The van der Waals surface area contributed by atoms with Crippen LogP contribution in [0.2, 0.25) is 0 Å². The van der Waals surface area contributed by atoms with E-state index in [4.69, 9.17) is 0 Å². The predicted octanol–water partition coefficient (Wildman–Crippen LogP) is 1.97. The highest BCUT2D eigenvalue weighted by Crippen LogP contribution is 2.38. The van der Waals surface area contributed by atoms with Crippen molar-refractivity contribution in [1.29, 1.82) is 0 Å². The number of aromatic nitrogens is 2. The van der Waals surface area contributed by atoms with E-state index in [1.165, 1.54) is 0 Å². The van der Waals surface area contributed by atoms with Crippen LogP contribution in [0.3, 0.4) is 0 Å². The molecule has 1 aromatic heterocycles. The van der Waals surface area contributed by atoms with Crippen LogP contribution in [0, 0.1) is 17.8 Å². The summed E-state index contributed by atoms with van der Waals surface area (Å²) in [5.74, 6) is 5.14. The Hall–Kier alpha value is -3.10. The third-order valence-corrected chi connectivity index (χ3v) is 9.43. The van der Waals surface area contributed by atoms with Crippen LogP contribution in [0.4, 0.5) is 5.69 Å². The van der Waals surface area contributed by atoms with E-state index < -0.39 is 15.6 Å². The molecule has 2 aliphatic heterocycles. The molecule has 1 saturated carbocycles. The lowest BCUT2D eigenvalue weighted by molar-refractivity contribution is -0.134. The van der Waals surface area contributed by atoms with Crippen LogP contribution in [0.25, 0.3) is 10.9 Å².